The molecule has 1 amide bonds. The van der Waals surface area contributed by atoms with E-state index in [2.05, 4.69) is 36.0 Å². The Kier molecular flexibility index (Phi) is 6.53. The maximum Gasteiger partial charge on any atom is 0.252 e. The van der Waals surface area contributed by atoms with Gasteiger partial charge < -0.3 is 14.6 Å². The van der Waals surface area contributed by atoms with Crippen LogP contribution >= 0.6 is 0 Å². The number of ether oxygens (including phenoxy) is 1. The van der Waals surface area contributed by atoms with Crippen LogP contribution in [0, 0.1) is 0 Å². The van der Waals surface area contributed by atoms with Gasteiger partial charge in [0.25, 0.3) is 5.91 Å². The fourth-order valence-electron chi connectivity index (χ4n) is 3.40. The third kappa shape index (κ3) is 4.45. The van der Waals surface area contributed by atoms with Crippen molar-refractivity contribution >= 4 is 5.91 Å². The minimum Gasteiger partial charge on any atom is -0.497 e. The van der Waals surface area contributed by atoms with E-state index in [4.69, 9.17) is 4.74 Å². The minimum atomic E-state index is -0.237. The van der Waals surface area contributed by atoms with Gasteiger partial charge in [0.1, 0.15) is 5.75 Å². The van der Waals surface area contributed by atoms with Crippen LogP contribution in [0.25, 0.3) is 0 Å². The molecule has 1 atom stereocenters. The Balaban J connectivity index is 1.94. The zero-order valence-corrected chi connectivity index (χ0v) is 16.8. The summed E-state index contributed by atoms with van der Waals surface area (Å²) < 4.78 is 7.49. The van der Waals surface area contributed by atoms with Gasteiger partial charge in [-0.25, -0.2) is 0 Å². The summed E-state index contributed by atoms with van der Waals surface area (Å²) in [6.45, 7) is 2.20. The molecule has 3 aromatic rings. The molecule has 0 aliphatic heterocycles. The highest BCUT2D eigenvalue weighted by atomic mass is 16.5. The Bertz CT molecular complexity index is 898. The zero-order chi connectivity index (χ0) is 19.9. The van der Waals surface area contributed by atoms with Crippen LogP contribution in [0.2, 0.25) is 0 Å². The van der Waals surface area contributed by atoms with Crippen molar-refractivity contribution in [2.75, 3.05) is 7.11 Å². The average molecular weight is 377 g/mol. The number of carbonyl (C=O) groups excluding carboxylic acids is 1. The fourth-order valence-corrected chi connectivity index (χ4v) is 3.40. The third-order valence-corrected chi connectivity index (χ3v) is 5.11. The molecule has 0 bridgehead atoms. The highest BCUT2D eigenvalue weighted by Gasteiger charge is 2.21. The van der Waals surface area contributed by atoms with Crippen LogP contribution in [0.3, 0.4) is 0 Å². The van der Waals surface area contributed by atoms with Crippen molar-refractivity contribution in [3.8, 4) is 5.75 Å². The molecule has 4 nitrogen and oxygen atoms in total. The van der Waals surface area contributed by atoms with Crippen molar-refractivity contribution in [2.24, 2.45) is 7.05 Å². The number of hydrogen-bond donors (Lipinski definition) is 1. The molecule has 1 N–H and O–H groups in total. The van der Waals surface area contributed by atoms with Crippen LogP contribution < -0.4 is 10.1 Å². The number of amides is 1. The number of hydrogen-bond acceptors (Lipinski definition) is 2. The van der Waals surface area contributed by atoms with E-state index in [0.29, 0.717) is 5.56 Å². The molecule has 1 unspecified atom stereocenters. The molecule has 0 spiro atoms. The molecule has 4 heteroatoms. The van der Waals surface area contributed by atoms with Gasteiger partial charge in [0, 0.05) is 24.0 Å². The highest BCUT2D eigenvalue weighted by molar-refractivity contribution is 5.94. The van der Waals surface area contributed by atoms with E-state index in [9.17, 15) is 4.79 Å². The van der Waals surface area contributed by atoms with Gasteiger partial charge in [-0.3, -0.25) is 4.79 Å². The summed E-state index contributed by atoms with van der Waals surface area (Å²) in [5.41, 5.74) is 4.03. The Hall–Kier alpha value is -3.01. The second kappa shape index (κ2) is 9.27. The molecule has 0 aliphatic rings. The first kappa shape index (κ1) is 19.7. The number of aryl methyl sites for hydroxylation is 1. The fraction of sp³-hybridized carbons (Fsp3) is 0.292. The molecule has 0 saturated heterocycles. The number of methoxy groups -OCH3 is 1. The molecule has 0 radical (unpaired) electrons. The molecule has 2 aromatic carbocycles. The van der Waals surface area contributed by atoms with Crippen LogP contribution in [0.5, 0.6) is 5.75 Å². The molecular weight excluding hydrogens is 348 g/mol. The molecule has 1 aromatic heterocycles. The quantitative estimate of drug-likeness (QED) is 0.608. The Labute approximate surface area is 167 Å². The van der Waals surface area contributed by atoms with Gasteiger partial charge in [-0.05, 0) is 54.8 Å². The van der Waals surface area contributed by atoms with Gasteiger partial charge in [0.15, 0.2) is 0 Å². The van der Waals surface area contributed by atoms with E-state index in [0.717, 1.165) is 36.3 Å². The summed E-state index contributed by atoms with van der Waals surface area (Å²) in [7, 11) is 3.73. The van der Waals surface area contributed by atoms with Crippen molar-refractivity contribution in [2.45, 2.75) is 32.2 Å². The lowest BCUT2D eigenvalue weighted by molar-refractivity contribution is 0.0942. The second-order valence-electron chi connectivity index (χ2n) is 6.96. The minimum absolute atomic E-state index is 0.0854. The lowest BCUT2D eigenvalue weighted by Gasteiger charge is -2.21. The van der Waals surface area contributed by atoms with Crippen LogP contribution in [-0.4, -0.2) is 17.6 Å². The molecular formula is C24H28N2O2. The van der Waals surface area contributed by atoms with Crippen LogP contribution in [0.4, 0.5) is 0 Å². The van der Waals surface area contributed by atoms with Crippen LogP contribution in [0.15, 0.2) is 66.7 Å². The Morgan fingerprint density at radius 3 is 2.39 bits per heavy atom. The largest absolute Gasteiger partial charge is 0.497 e. The van der Waals surface area contributed by atoms with E-state index >= 15 is 0 Å². The van der Waals surface area contributed by atoms with E-state index < -0.39 is 0 Å². The summed E-state index contributed by atoms with van der Waals surface area (Å²) in [4.78, 5) is 12.9. The van der Waals surface area contributed by atoms with Gasteiger partial charge in [0.2, 0.25) is 0 Å². The maximum atomic E-state index is 12.9. The lowest BCUT2D eigenvalue weighted by atomic mass is 10.0. The third-order valence-electron chi connectivity index (χ3n) is 5.11. The topological polar surface area (TPSA) is 43.3 Å². The summed E-state index contributed by atoms with van der Waals surface area (Å²) in [6.07, 6.45) is 3.35. The number of nitrogens with one attached hydrogen (secondary N) is 1. The summed E-state index contributed by atoms with van der Waals surface area (Å²) >= 11 is 0. The maximum absolute atomic E-state index is 12.9. The number of carbonyl (C=O) groups is 1. The highest BCUT2D eigenvalue weighted by Crippen LogP contribution is 2.26. The van der Waals surface area contributed by atoms with E-state index in [1.807, 2.05) is 54.6 Å². The van der Waals surface area contributed by atoms with Gasteiger partial charge in [-0.15, -0.1) is 0 Å². The zero-order valence-electron chi connectivity index (χ0n) is 16.8. The SMILES string of the molecule is CCCCc1ccc(C(NC(=O)c2ccccc2)c2ccc(OC)cc2)n1C. The van der Waals surface area contributed by atoms with Crippen molar-refractivity contribution in [1.82, 2.24) is 9.88 Å². The first-order chi connectivity index (χ1) is 13.6. The van der Waals surface area contributed by atoms with Gasteiger partial charge in [-0.1, -0.05) is 43.7 Å². The molecule has 3 rings (SSSR count). The van der Waals surface area contributed by atoms with Crippen molar-refractivity contribution in [1.29, 1.82) is 0 Å². The number of rotatable bonds is 8. The number of nitrogens with zero attached hydrogens (tertiary/aromatic N) is 1. The molecule has 1 heterocycles. The monoisotopic (exact) mass is 376 g/mol. The molecule has 146 valence electrons. The van der Waals surface area contributed by atoms with Gasteiger partial charge in [0.05, 0.1) is 13.2 Å². The Morgan fingerprint density at radius 1 is 1.04 bits per heavy atom. The van der Waals surface area contributed by atoms with E-state index in [1.165, 1.54) is 5.69 Å². The molecule has 0 fully saturated rings. The summed E-state index contributed by atoms with van der Waals surface area (Å²) in [5, 5.41) is 3.21. The normalized spacial score (nSPS) is 11.8. The number of benzene rings is 2. The van der Waals surface area contributed by atoms with Crippen molar-refractivity contribution < 1.29 is 9.53 Å². The molecule has 0 saturated carbocycles. The standard InChI is InChI=1S/C24H28N2O2/c1-4-5-11-20-14-17-22(26(20)2)23(18-12-15-21(28-3)16-13-18)25-24(27)19-9-7-6-8-10-19/h6-10,12-17,23H,4-5,11H2,1-3H3,(H,25,27). The number of unbranched alkanes of at least 4 members (excludes halogenated alkanes) is 1. The average Bonchev–Trinajstić information content (AvgIpc) is 3.11. The first-order valence-electron chi connectivity index (χ1n) is 9.78. The molecule has 0 aliphatic carbocycles. The summed E-state index contributed by atoms with van der Waals surface area (Å²) in [6, 6.07) is 21.2. The lowest BCUT2D eigenvalue weighted by Crippen LogP contribution is -2.30. The predicted molar refractivity (Wildman–Crippen MR) is 113 cm³/mol. The van der Waals surface area contributed by atoms with Gasteiger partial charge in [-0.2, -0.15) is 0 Å². The van der Waals surface area contributed by atoms with Crippen molar-refractivity contribution in [3.05, 3.63) is 89.2 Å². The first-order valence-corrected chi connectivity index (χ1v) is 9.78. The van der Waals surface area contributed by atoms with Crippen molar-refractivity contribution in [3.63, 3.8) is 0 Å². The molecule has 28 heavy (non-hydrogen) atoms. The second-order valence-corrected chi connectivity index (χ2v) is 6.96. The Morgan fingerprint density at radius 2 is 1.75 bits per heavy atom. The predicted octanol–water partition coefficient (Wildman–Crippen LogP) is 4.90. The van der Waals surface area contributed by atoms with E-state index in [1.54, 1.807) is 7.11 Å². The van der Waals surface area contributed by atoms with Crippen LogP contribution in [-0.2, 0) is 13.5 Å². The van der Waals surface area contributed by atoms with Gasteiger partial charge >= 0.3 is 0 Å². The summed E-state index contributed by atoms with van der Waals surface area (Å²) in [5.74, 6) is 0.713. The van der Waals surface area contributed by atoms with E-state index in [-0.39, 0.29) is 11.9 Å². The van der Waals surface area contributed by atoms with Crippen LogP contribution in [0.1, 0.15) is 53.1 Å². The number of aromatic nitrogens is 1. The smallest absolute Gasteiger partial charge is 0.252 e.